The van der Waals surface area contributed by atoms with Crippen LogP contribution in [0.15, 0.2) is 16.9 Å². The maximum atomic E-state index is 12.4. The molecule has 2 rings (SSSR count). The van der Waals surface area contributed by atoms with Crippen LogP contribution in [0.5, 0.6) is 0 Å². The molecule has 1 saturated heterocycles. The van der Waals surface area contributed by atoms with Crippen molar-refractivity contribution in [3.05, 3.63) is 18.0 Å². The lowest BCUT2D eigenvalue weighted by atomic mass is 9.95. The topological polar surface area (TPSA) is 110 Å². The molecular formula is C14H25ClN4O4S. The summed E-state index contributed by atoms with van der Waals surface area (Å²) in [6.45, 7) is 4.96. The van der Waals surface area contributed by atoms with Crippen molar-refractivity contribution in [3.63, 3.8) is 0 Å². The first-order valence-corrected chi connectivity index (χ1v) is 9.32. The van der Waals surface area contributed by atoms with Crippen LogP contribution in [-0.2, 0) is 20.6 Å². The molecule has 1 aliphatic rings. The van der Waals surface area contributed by atoms with Gasteiger partial charge in [0.25, 0.3) is 0 Å². The molecule has 0 radical (unpaired) electrons. The highest BCUT2D eigenvalue weighted by Crippen LogP contribution is 2.17. The van der Waals surface area contributed by atoms with Crippen molar-refractivity contribution in [2.75, 3.05) is 26.2 Å². The van der Waals surface area contributed by atoms with Gasteiger partial charge in [-0.2, -0.15) is 4.31 Å². The molecule has 24 heavy (non-hydrogen) atoms. The van der Waals surface area contributed by atoms with Gasteiger partial charge in [-0.3, -0.25) is 4.79 Å². The minimum atomic E-state index is -3.46. The number of aromatic nitrogens is 1. The van der Waals surface area contributed by atoms with Gasteiger partial charge in [0.2, 0.25) is 15.9 Å². The fraction of sp³-hybridized carbons (Fsp3) is 0.714. The van der Waals surface area contributed by atoms with Crippen molar-refractivity contribution >= 4 is 28.3 Å². The predicted octanol–water partition coefficient (Wildman–Crippen LogP) is 0.588. The number of rotatable bonds is 6. The van der Waals surface area contributed by atoms with Gasteiger partial charge in [-0.1, -0.05) is 18.5 Å². The summed E-state index contributed by atoms with van der Waals surface area (Å²) in [5.74, 6) is -0.310. The quantitative estimate of drug-likeness (QED) is 0.773. The van der Waals surface area contributed by atoms with Crippen molar-refractivity contribution in [3.8, 4) is 0 Å². The van der Waals surface area contributed by atoms with Gasteiger partial charge >= 0.3 is 0 Å². The molecule has 0 bridgehead atoms. The lowest BCUT2D eigenvalue weighted by Gasteiger charge is -2.37. The Morgan fingerprint density at radius 3 is 2.50 bits per heavy atom. The molecule has 2 heterocycles. The van der Waals surface area contributed by atoms with E-state index in [9.17, 15) is 13.2 Å². The summed E-state index contributed by atoms with van der Waals surface area (Å²) in [7, 11) is -3.46. The van der Waals surface area contributed by atoms with E-state index in [1.54, 1.807) is 11.8 Å². The number of halogens is 1. The summed E-state index contributed by atoms with van der Waals surface area (Å²) in [4.78, 5) is 14.1. The number of amides is 1. The molecule has 1 aromatic rings. The fourth-order valence-corrected chi connectivity index (χ4v) is 4.17. The van der Waals surface area contributed by atoms with Crippen molar-refractivity contribution in [2.24, 2.45) is 5.73 Å². The van der Waals surface area contributed by atoms with Crippen LogP contribution in [0.3, 0.4) is 0 Å². The lowest BCUT2D eigenvalue weighted by Crippen LogP contribution is -2.58. The van der Waals surface area contributed by atoms with E-state index in [1.807, 2.05) is 6.92 Å². The zero-order valence-electron chi connectivity index (χ0n) is 14.0. The number of nitrogens with zero attached hydrogens (tertiary/aromatic N) is 3. The first kappa shape index (κ1) is 20.9. The molecule has 1 amide bonds. The van der Waals surface area contributed by atoms with Gasteiger partial charge in [0.1, 0.15) is 12.0 Å². The monoisotopic (exact) mass is 380 g/mol. The van der Waals surface area contributed by atoms with Gasteiger partial charge in [0.15, 0.2) is 0 Å². The summed E-state index contributed by atoms with van der Waals surface area (Å²) >= 11 is 0. The highest BCUT2D eigenvalue weighted by atomic mass is 35.5. The second-order valence-electron chi connectivity index (χ2n) is 6.11. The molecule has 138 valence electrons. The van der Waals surface area contributed by atoms with Crippen LogP contribution in [0.25, 0.3) is 0 Å². The Labute approximate surface area is 148 Å². The van der Waals surface area contributed by atoms with Crippen LogP contribution in [-0.4, -0.2) is 60.4 Å². The smallest absolute Gasteiger partial charge is 0.242 e. The molecule has 1 fully saturated rings. The largest absolute Gasteiger partial charge is 0.364 e. The Bertz CT molecular complexity index is 625. The van der Waals surface area contributed by atoms with Crippen LogP contribution in [0.4, 0.5) is 0 Å². The normalized spacial score (nSPS) is 18.7. The zero-order chi connectivity index (χ0) is 17.1. The average molecular weight is 381 g/mol. The van der Waals surface area contributed by atoms with E-state index >= 15 is 0 Å². The maximum absolute atomic E-state index is 12.4. The van der Waals surface area contributed by atoms with Gasteiger partial charge < -0.3 is 15.2 Å². The number of carbonyl (C=O) groups is 1. The first-order valence-electron chi connectivity index (χ1n) is 7.71. The Hall–Kier alpha value is -1.16. The van der Waals surface area contributed by atoms with E-state index < -0.39 is 15.6 Å². The van der Waals surface area contributed by atoms with E-state index in [0.717, 1.165) is 6.42 Å². The second kappa shape index (κ2) is 8.28. The molecule has 0 aliphatic carbocycles. The molecular weight excluding hydrogens is 356 g/mol. The molecule has 0 saturated carbocycles. The zero-order valence-corrected chi connectivity index (χ0v) is 15.6. The molecule has 10 heteroatoms. The molecule has 1 aromatic heterocycles. The number of hydrogen-bond donors (Lipinski definition) is 1. The molecule has 0 aromatic carbocycles. The maximum Gasteiger partial charge on any atom is 0.242 e. The van der Waals surface area contributed by atoms with Gasteiger partial charge in [0.05, 0.1) is 11.2 Å². The highest BCUT2D eigenvalue weighted by Gasteiger charge is 2.35. The Kier molecular flexibility index (Phi) is 7.21. The molecule has 2 N–H and O–H groups in total. The average Bonchev–Trinajstić information content (AvgIpc) is 2.98. The Morgan fingerprint density at radius 1 is 1.38 bits per heavy atom. The minimum absolute atomic E-state index is 0. The summed E-state index contributed by atoms with van der Waals surface area (Å²) in [5.41, 5.74) is 5.55. The summed E-state index contributed by atoms with van der Waals surface area (Å²) in [6, 6.07) is 1.53. The van der Waals surface area contributed by atoms with Crippen LogP contribution in [0.2, 0.25) is 0 Å². The van der Waals surface area contributed by atoms with Crippen LogP contribution >= 0.6 is 12.4 Å². The highest BCUT2D eigenvalue weighted by molar-refractivity contribution is 7.88. The third kappa shape index (κ3) is 4.92. The molecule has 1 aliphatic heterocycles. The first-order chi connectivity index (χ1) is 10.8. The molecule has 0 spiro atoms. The van der Waals surface area contributed by atoms with Crippen LogP contribution in [0, 0.1) is 0 Å². The Morgan fingerprint density at radius 2 is 2.00 bits per heavy atom. The lowest BCUT2D eigenvalue weighted by molar-refractivity contribution is -0.137. The van der Waals surface area contributed by atoms with Crippen molar-refractivity contribution in [1.82, 2.24) is 14.4 Å². The van der Waals surface area contributed by atoms with Crippen molar-refractivity contribution < 1.29 is 17.7 Å². The van der Waals surface area contributed by atoms with Crippen molar-refractivity contribution in [2.45, 2.75) is 38.0 Å². The molecule has 8 nitrogen and oxygen atoms in total. The molecule has 1 unspecified atom stereocenters. The minimum Gasteiger partial charge on any atom is -0.364 e. The van der Waals surface area contributed by atoms with Crippen LogP contribution < -0.4 is 5.73 Å². The summed E-state index contributed by atoms with van der Waals surface area (Å²) in [5, 5.41) is 3.63. The van der Waals surface area contributed by atoms with E-state index in [-0.39, 0.29) is 37.2 Å². The Balaban J connectivity index is 0.00000288. The SMILES string of the molecule is CCCC(C)(N)C(=O)N1CCN(S(=O)(=O)Cc2ccon2)CC1.Cl. The van der Waals surface area contributed by atoms with Crippen molar-refractivity contribution in [1.29, 1.82) is 0 Å². The summed E-state index contributed by atoms with van der Waals surface area (Å²) < 4.78 is 30.7. The van der Waals surface area contributed by atoms with E-state index in [1.165, 1.54) is 16.6 Å². The van der Waals surface area contributed by atoms with E-state index in [2.05, 4.69) is 9.68 Å². The van der Waals surface area contributed by atoms with Gasteiger partial charge in [-0.25, -0.2) is 8.42 Å². The van der Waals surface area contributed by atoms with E-state index in [4.69, 9.17) is 5.73 Å². The van der Waals surface area contributed by atoms with E-state index in [0.29, 0.717) is 25.2 Å². The fourth-order valence-electron chi connectivity index (χ4n) is 2.75. The number of hydrogen-bond acceptors (Lipinski definition) is 6. The number of nitrogens with two attached hydrogens (primary N) is 1. The van der Waals surface area contributed by atoms with Gasteiger partial charge in [0, 0.05) is 32.2 Å². The number of carbonyl (C=O) groups excluding carboxylic acids is 1. The third-order valence-corrected chi connectivity index (χ3v) is 5.81. The second-order valence-corrected chi connectivity index (χ2v) is 8.07. The van der Waals surface area contributed by atoms with Gasteiger partial charge in [-0.05, 0) is 13.3 Å². The number of piperazine rings is 1. The number of sulfonamides is 1. The molecule has 1 atom stereocenters. The predicted molar refractivity (Wildman–Crippen MR) is 92.0 cm³/mol. The summed E-state index contributed by atoms with van der Waals surface area (Å²) in [6.07, 6.45) is 2.78. The standard InChI is InChI=1S/C14H24N4O4S.ClH/c1-3-5-14(2,15)13(19)17-6-8-18(9-7-17)23(20,21)11-12-4-10-22-16-12;/h4,10H,3,5-9,11,15H2,1-2H3;1H. The van der Waals surface area contributed by atoms with Crippen LogP contribution in [0.1, 0.15) is 32.4 Å². The third-order valence-electron chi connectivity index (χ3n) is 4.00. The van der Waals surface area contributed by atoms with Gasteiger partial charge in [-0.15, -0.1) is 12.4 Å².